The van der Waals surface area contributed by atoms with Crippen LogP contribution in [0.1, 0.15) is 32.1 Å². The maximum atomic E-state index is 6.10. The number of imidazole rings is 1. The molecule has 19 heavy (non-hydrogen) atoms. The normalized spacial score (nSPS) is 18.8. The molecule has 2 aromatic heterocycles. The molecule has 2 aromatic rings. The Kier molecular flexibility index (Phi) is 3.39. The van der Waals surface area contributed by atoms with Gasteiger partial charge in [-0.15, -0.1) is 0 Å². The fraction of sp³-hybridized carbons (Fsp3) is 0.571. The first-order valence-corrected chi connectivity index (χ1v) is 8.07. The van der Waals surface area contributed by atoms with Gasteiger partial charge in [0.15, 0.2) is 0 Å². The fourth-order valence-corrected chi connectivity index (χ4v) is 4.03. The number of thioether (sulfide) groups is 1. The number of rotatable bonds is 3. The summed E-state index contributed by atoms with van der Waals surface area (Å²) in [6.45, 7) is 0.959. The molecule has 0 unspecified atom stereocenters. The average molecular weight is 276 g/mol. The van der Waals surface area contributed by atoms with E-state index < -0.39 is 0 Å². The number of aromatic nitrogens is 3. The van der Waals surface area contributed by atoms with Gasteiger partial charge in [-0.05, 0) is 25.2 Å². The molecule has 3 rings (SSSR count). The second-order valence-corrected chi connectivity index (χ2v) is 6.64. The molecule has 2 N–H and O–H groups in total. The van der Waals surface area contributed by atoms with E-state index in [1.807, 2.05) is 24.0 Å². The third-order valence-corrected chi connectivity index (χ3v) is 5.63. The second-order valence-electron chi connectivity index (χ2n) is 5.37. The second kappa shape index (κ2) is 5.04. The highest BCUT2D eigenvalue weighted by Crippen LogP contribution is 2.40. The van der Waals surface area contributed by atoms with E-state index in [9.17, 15) is 0 Å². The van der Waals surface area contributed by atoms with Crippen molar-refractivity contribution in [3.63, 3.8) is 0 Å². The molecule has 0 spiro atoms. The summed E-state index contributed by atoms with van der Waals surface area (Å²) in [5.41, 5.74) is 8.10. The summed E-state index contributed by atoms with van der Waals surface area (Å²) >= 11 is 1.99. The van der Waals surface area contributed by atoms with Crippen LogP contribution in [0.5, 0.6) is 0 Å². The molecule has 1 aliphatic carbocycles. The van der Waals surface area contributed by atoms with E-state index in [0.29, 0.717) is 10.7 Å². The van der Waals surface area contributed by atoms with Gasteiger partial charge in [0.1, 0.15) is 5.52 Å². The molecule has 5 heteroatoms. The predicted molar refractivity (Wildman–Crippen MR) is 81.3 cm³/mol. The third kappa shape index (κ3) is 2.31. The van der Waals surface area contributed by atoms with Crippen LogP contribution < -0.4 is 5.73 Å². The SMILES string of the molecule is CSC1(Cn2c(N)nc3cnccc32)CCCCC1. The zero-order chi connectivity index (χ0) is 13.3. The Bertz CT molecular complexity index is 572. The molecule has 1 saturated carbocycles. The van der Waals surface area contributed by atoms with Gasteiger partial charge in [-0.2, -0.15) is 11.8 Å². The van der Waals surface area contributed by atoms with Gasteiger partial charge >= 0.3 is 0 Å². The van der Waals surface area contributed by atoms with Crippen LogP contribution in [-0.4, -0.2) is 25.5 Å². The lowest BCUT2D eigenvalue weighted by Crippen LogP contribution is -2.33. The lowest BCUT2D eigenvalue weighted by molar-refractivity contribution is 0.363. The maximum Gasteiger partial charge on any atom is 0.201 e. The first-order valence-electron chi connectivity index (χ1n) is 6.85. The molecule has 1 aliphatic rings. The zero-order valence-electron chi connectivity index (χ0n) is 11.3. The zero-order valence-corrected chi connectivity index (χ0v) is 12.1. The van der Waals surface area contributed by atoms with E-state index in [-0.39, 0.29) is 0 Å². The first-order chi connectivity index (χ1) is 9.24. The monoisotopic (exact) mass is 276 g/mol. The van der Waals surface area contributed by atoms with Crippen molar-refractivity contribution in [1.29, 1.82) is 0 Å². The summed E-state index contributed by atoms with van der Waals surface area (Å²) in [6, 6.07) is 2.01. The largest absolute Gasteiger partial charge is 0.369 e. The van der Waals surface area contributed by atoms with Crippen LogP contribution in [0.25, 0.3) is 11.0 Å². The van der Waals surface area contributed by atoms with E-state index in [1.165, 1.54) is 32.1 Å². The standard InChI is InChI=1S/C14H20N4S/c1-19-14(6-3-2-4-7-14)10-18-12-5-8-16-9-11(12)17-13(18)15/h5,8-9H,2-4,6-7,10H2,1H3,(H2,15,17). The average Bonchev–Trinajstić information content (AvgIpc) is 2.76. The van der Waals surface area contributed by atoms with Gasteiger partial charge in [-0.25, -0.2) is 4.98 Å². The van der Waals surface area contributed by atoms with Crippen molar-refractivity contribution in [2.45, 2.75) is 43.4 Å². The molecule has 0 bridgehead atoms. The summed E-state index contributed by atoms with van der Waals surface area (Å²) in [6.07, 6.45) is 12.4. The summed E-state index contributed by atoms with van der Waals surface area (Å²) in [5, 5.41) is 0. The Morgan fingerprint density at radius 3 is 2.89 bits per heavy atom. The van der Waals surface area contributed by atoms with E-state index in [0.717, 1.165) is 17.6 Å². The highest BCUT2D eigenvalue weighted by atomic mass is 32.2. The van der Waals surface area contributed by atoms with Gasteiger partial charge in [0.2, 0.25) is 5.95 Å². The molecular weight excluding hydrogens is 256 g/mol. The summed E-state index contributed by atoms with van der Waals surface area (Å²) in [4.78, 5) is 8.53. The van der Waals surface area contributed by atoms with Crippen LogP contribution in [-0.2, 0) is 6.54 Å². The molecule has 1 fully saturated rings. The molecule has 0 atom stereocenters. The Hall–Kier alpha value is -1.23. The van der Waals surface area contributed by atoms with Crippen LogP contribution in [0.3, 0.4) is 0 Å². The lowest BCUT2D eigenvalue weighted by Gasteiger charge is -2.36. The van der Waals surface area contributed by atoms with E-state index in [2.05, 4.69) is 20.8 Å². The Morgan fingerprint density at radius 1 is 1.37 bits per heavy atom. The Morgan fingerprint density at radius 2 is 2.16 bits per heavy atom. The fourth-order valence-electron chi connectivity index (χ4n) is 3.08. The topological polar surface area (TPSA) is 56.7 Å². The van der Waals surface area contributed by atoms with Gasteiger partial charge in [0.25, 0.3) is 0 Å². The maximum absolute atomic E-state index is 6.10. The molecule has 0 aliphatic heterocycles. The van der Waals surface area contributed by atoms with Crippen molar-refractivity contribution in [3.05, 3.63) is 18.5 Å². The molecule has 0 saturated heterocycles. The van der Waals surface area contributed by atoms with Gasteiger partial charge in [-0.3, -0.25) is 4.98 Å². The third-order valence-electron chi connectivity index (χ3n) is 4.22. The summed E-state index contributed by atoms with van der Waals surface area (Å²) in [5.74, 6) is 0.613. The number of pyridine rings is 1. The predicted octanol–water partition coefficient (Wildman–Crippen LogP) is 3.08. The van der Waals surface area contributed by atoms with Crippen molar-refractivity contribution >= 4 is 28.7 Å². The molecule has 102 valence electrons. The van der Waals surface area contributed by atoms with E-state index >= 15 is 0 Å². The van der Waals surface area contributed by atoms with Crippen molar-refractivity contribution in [2.75, 3.05) is 12.0 Å². The minimum absolute atomic E-state index is 0.323. The van der Waals surface area contributed by atoms with Crippen molar-refractivity contribution in [2.24, 2.45) is 0 Å². The van der Waals surface area contributed by atoms with Crippen molar-refractivity contribution < 1.29 is 0 Å². The lowest BCUT2D eigenvalue weighted by atomic mass is 9.88. The highest BCUT2D eigenvalue weighted by molar-refractivity contribution is 8.00. The van der Waals surface area contributed by atoms with Crippen LogP contribution in [0.4, 0.5) is 5.95 Å². The first kappa shape index (κ1) is 12.8. The Balaban J connectivity index is 1.97. The molecule has 2 heterocycles. The van der Waals surface area contributed by atoms with Gasteiger partial charge < -0.3 is 10.3 Å². The molecule has 0 amide bonds. The Labute approximate surface area is 117 Å². The van der Waals surface area contributed by atoms with Crippen molar-refractivity contribution in [3.8, 4) is 0 Å². The number of anilines is 1. The minimum Gasteiger partial charge on any atom is -0.369 e. The number of hydrogen-bond donors (Lipinski definition) is 1. The van der Waals surface area contributed by atoms with Gasteiger partial charge in [0.05, 0.1) is 11.7 Å². The van der Waals surface area contributed by atoms with Crippen molar-refractivity contribution in [1.82, 2.24) is 14.5 Å². The van der Waals surface area contributed by atoms with Gasteiger partial charge in [0, 0.05) is 17.5 Å². The summed E-state index contributed by atoms with van der Waals surface area (Å²) < 4.78 is 2.49. The number of fused-ring (bicyclic) bond motifs is 1. The van der Waals surface area contributed by atoms with Crippen LogP contribution in [0.15, 0.2) is 18.5 Å². The van der Waals surface area contributed by atoms with E-state index in [4.69, 9.17) is 5.73 Å². The van der Waals surface area contributed by atoms with E-state index in [1.54, 1.807) is 6.20 Å². The summed E-state index contributed by atoms with van der Waals surface area (Å²) in [7, 11) is 0. The van der Waals surface area contributed by atoms with Gasteiger partial charge in [-0.1, -0.05) is 19.3 Å². The molecule has 4 nitrogen and oxygen atoms in total. The van der Waals surface area contributed by atoms with Crippen LogP contribution >= 0.6 is 11.8 Å². The highest BCUT2D eigenvalue weighted by Gasteiger charge is 2.32. The molecule has 0 radical (unpaired) electrons. The van der Waals surface area contributed by atoms with Crippen LogP contribution in [0, 0.1) is 0 Å². The van der Waals surface area contributed by atoms with Crippen LogP contribution in [0.2, 0.25) is 0 Å². The molecular formula is C14H20N4S. The minimum atomic E-state index is 0.323. The number of hydrogen-bond acceptors (Lipinski definition) is 4. The quantitative estimate of drug-likeness (QED) is 0.936. The molecule has 0 aromatic carbocycles. The number of nitrogens with two attached hydrogens (primary N) is 1. The number of nitrogen functional groups attached to an aromatic ring is 1. The number of nitrogens with zero attached hydrogens (tertiary/aromatic N) is 3. The smallest absolute Gasteiger partial charge is 0.201 e.